The smallest absolute Gasteiger partial charge is 0.246 e. The molecule has 20 heteroatoms. The van der Waals surface area contributed by atoms with Crippen molar-refractivity contribution in [2.75, 3.05) is 31.6 Å². The van der Waals surface area contributed by atoms with Crippen molar-refractivity contribution in [2.24, 2.45) is 17.6 Å². The first kappa shape index (κ1) is 47.9. The van der Waals surface area contributed by atoms with Gasteiger partial charge < -0.3 is 52.5 Å². The van der Waals surface area contributed by atoms with Crippen molar-refractivity contribution in [1.29, 1.82) is 0 Å². The van der Waals surface area contributed by atoms with Gasteiger partial charge in [0.1, 0.15) is 42.3 Å². The number of aliphatic hydroxyl groups is 1. The van der Waals surface area contributed by atoms with Crippen molar-refractivity contribution in [1.82, 2.24) is 41.7 Å². The van der Waals surface area contributed by atoms with Crippen LogP contribution in [0, 0.1) is 11.8 Å². The average molecular weight is 838 g/mol. The van der Waals surface area contributed by atoms with Gasteiger partial charge >= 0.3 is 0 Å². The molecule has 3 rings (SSSR count). The molecular weight excluding hydrogens is 775 g/mol. The maximum Gasteiger partial charge on any atom is 0.246 e. The zero-order valence-corrected chi connectivity index (χ0v) is 35.3. The Labute approximate surface area is 344 Å². The number of hydrogen-bond acceptors (Lipinski definition) is 11. The lowest BCUT2D eigenvalue weighted by molar-refractivity contribution is -0.148. The number of primary amides is 1. The highest BCUT2D eigenvalue weighted by Gasteiger charge is 2.45. The summed E-state index contributed by atoms with van der Waals surface area (Å²) in [5.41, 5.74) is 5.44. The Bertz CT molecular complexity index is 1530. The van der Waals surface area contributed by atoms with E-state index in [2.05, 4.69) is 31.9 Å². The predicted octanol–water partition coefficient (Wildman–Crippen LogP) is -1.99. The molecule has 0 aromatic heterocycles. The van der Waals surface area contributed by atoms with Crippen molar-refractivity contribution in [2.45, 2.75) is 141 Å². The number of aliphatic hydroxyl groups excluding tert-OH is 1. The summed E-state index contributed by atoms with van der Waals surface area (Å²) in [6.07, 6.45) is 2.17. The van der Waals surface area contributed by atoms with Crippen LogP contribution in [0.1, 0.15) is 92.4 Å². The summed E-state index contributed by atoms with van der Waals surface area (Å²) >= 11 is 1.41. The summed E-state index contributed by atoms with van der Waals surface area (Å²) in [6, 6.07) is -8.27. The molecule has 0 spiro atoms. The zero-order chi connectivity index (χ0) is 43.3. The summed E-state index contributed by atoms with van der Waals surface area (Å²) in [7, 11) is 0. The van der Waals surface area contributed by atoms with E-state index in [1.807, 2.05) is 20.1 Å². The SMILES string of the molecule is CC[C@H](C)[C@@H]1NC(=O)[C@@H]2CCCN2C(=O)[C@@H]2CCCN2C(=O)[C@H](CCC(N)=O)NC(=O)[C@H](CCSC)NC(=O)[C@H](CC(C)C)NC(=O)CNC(=O)[C@@H]([C@H](C)O)NC1=O. The average Bonchev–Trinajstić information content (AvgIpc) is 3.87. The van der Waals surface area contributed by atoms with Crippen LogP contribution >= 0.6 is 11.8 Å². The van der Waals surface area contributed by atoms with Gasteiger partial charge in [-0.15, -0.1) is 0 Å². The minimum atomic E-state index is -1.53. The molecule has 9 amide bonds. The van der Waals surface area contributed by atoms with Gasteiger partial charge in [-0.1, -0.05) is 34.1 Å². The number of carbonyl (C=O) groups excluding carboxylic acids is 9. The molecule has 3 aliphatic heterocycles. The van der Waals surface area contributed by atoms with Crippen LogP contribution in [0.15, 0.2) is 0 Å². The second-order valence-corrected chi connectivity index (χ2v) is 16.8. The van der Waals surface area contributed by atoms with Crippen LogP contribution in [0.5, 0.6) is 0 Å². The Morgan fingerprint density at radius 3 is 1.91 bits per heavy atom. The fraction of sp³-hybridized carbons (Fsp3) is 0.763. The minimum absolute atomic E-state index is 0.104. The Morgan fingerprint density at radius 2 is 1.33 bits per heavy atom. The molecule has 0 bridgehead atoms. The first-order valence-electron chi connectivity index (χ1n) is 20.2. The molecule has 3 aliphatic rings. The van der Waals surface area contributed by atoms with Crippen LogP contribution < -0.4 is 37.6 Å². The Morgan fingerprint density at radius 1 is 0.741 bits per heavy atom. The largest absolute Gasteiger partial charge is 0.391 e. The van der Waals surface area contributed by atoms with E-state index in [-0.39, 0.29) is 57.5 Å². The molecule has 3 saturated heterocycles. The van der Waals surface area contributed by atoms with E-state index < -0.39 is 114 Å². The Balaban J connectivity index is 2.07. The molecular formula is C38H63N9O10S. The number of thioether (sulfide) groups is 1. The second-order valence-electron chi connectivity index (χ2n) is 15.9. The number of rotatable bonds is 11. The normalized spacial score (nSPS) is 28.6. The molecule has 0 aromatic rings. The number of nitrogens with one attached hydrogen (secondary N) is 6. The number of hydrogen-bond donors (Lipinski definition) is 8. The minimum Gasteiger partial charge on any atom is -0.391 e. The number of amides is 9. The summed E-state index contributed by atoms with van der Waals surface area (Å²) in [6.45, 7) is 8.21. The summed E-state index contributed by atoms with van der Waals surface area (Å²) in [5, 5.41) is 26.2. The lowest BCUT2D eigenvalue weighted by Crippen LogP contribution is -2.62. The zero-order valence-electron chi connectivity index (χ0n) is 34.5. The molecule has 58 heavy (non-hydrogen) atoms. The molecule has 9 atom stereocenters. The van der Waals surface area contributed by atoms with Crippen LogP contribution in [-0.2, 0) is 43.2 Å². The highest BCUT2D eigenvalue weighted by Crippen LogP contribution is 2.27. The molecule has 3 fully saturated rings. The van der Waals surface area contributed by atoms with Gasteiger partial charge in [-0.25, -0.2) is 0 Å². The fourth-order valence-electron chi connectivity index (χ4n) is 7.40. The van der Waals surface area contributed by atoms with E-state index >= 15 is 0 Å². The van der Waals surface area contributed by atoms with Crippen molar-refractivity contribution in [3.05, 3.63) is 0 Å². The lowest BCUT2D eigenvalue weighted by Gasteiger charge is -2.34. The van der Waals surface area contributed by atoms with E-state index in [9.17, 15) is 48.3 Å². The molecule has 0 unspecified atom stereocenters. The molecule has 19 nitrogen and oxygen atoms in total. The molecule has 0 radical (unpaired) electrons. The lowest BCUT2D eigenvalue weighted by atomic mass is 9.97. The van der Waals surface area contributed by atoms with Gasteiger partial charge in [-0.3, -0.25) is 43.2 Å². The standard InChI is InChI=1S/C38H63N9O10S/c1-7-21(4)30-36(55)45-31(22(5)48)35(54)40-19-29(50)41-25(18-20(2)3)33(52)42-23(14-17-58-6)32(51)43-24(12-13-28(39)49)37(56)47-16-9-11-27(47)38(57)46-15-8-10-26(46)34(53)44-30/h20-27,30-31,48H,7-19H2,1-6H3,(H2,39,49)(H,40,54)(H,41,50)(H,42,52)(H,43,51)(H,44,53)(H,45,55)/t21-,22-,23-,24-,25-,26-,27-,30-,31+/m0/s1. The van der Waals surface area contributed by atoms with Crippen molar-refractivity contribution >= 4 is 64.9 Å². The summed E-state index contributed by atoms with van der Waals surface area (Å²) < 4.78 is 0. The Kier molecular flexibility index (Phi) is 18.7. The molecule has 326 valence electrons. The number of nitrogens with two attached hydrogens (primary N) is 1. The van der Waals surface area contributed by atoms with Gasteiger partial charge in [-0.2, -0.15) is 11.8 Å². The van der Waals surface area contributed by atoms with Crippen LogP contribution in [0.4, 0.5) is 0 Å². The van der Waals surface area contributed by atoms with Gasteiger partial charge in [0.2, 0.25) is 53.2 Å². The highest BCUT2D eigenvalue weighted by atomic mass is 32.2. The molecule has 0 saturated carbocycles. The maximum absolute atomic E-state index is 14.3. The van der Waals surface area contributed by atoms with Crippen LogP contribution in [0.3, 0.4) is 0 Å². The first-order valence-corrected chi connectivity index (χ1v) is 21.6. The Hall–Kier alpha value is -4.46. The second kappa shape index (κ2) is 22.6. The van der Waals surface area contributed by atoms with Crippen LogP contribution in [0.2, 0.25) is 0 Å². The number of fused-ring (bicyclic) bond motifs is 2. The monoisotopic (exact) mass is 837 g/mol. The quantitative estimate of drug-likeness (QED) is 0.113. The van der Waals surface area contributed by atoms with Gasteiger partial charge in [0, 0.05) is 19.5 Å². The van der Waals surface area contributed by atoms with Crippen molar-refractivity contribution in [3.8, 4) is 0 Å². The first-order chi connectivity index (χ1) is 27.4. The molecule has 3 heterocycles. The summed E-state index contributed by atoms with van der Waals surface area (Å²) in [5.74, 6) is -6.37. The topological polar surface area (TPSA) is 279 Å². The molecule has 0 aromatic carbocycles. The van der Waals surface area contributed by atoms with Gasteiger partial charge in [0.15, 0.2) is 0 Å². The van der Waals surface area contributed by atoms with E-state index in [0.29, 0.717) is 25.0 Å². The third kappa shape index (κ3) is 13.3. The van der Waals surface area contributed by atoms with Crippen molar-refractivity contribution in [3.63, 3.8) is 0 Å². The molecule has 0 aliphatic carbocycles. The van der Waals surface area contributed by atoms with Gasteiger partial charge in [-0.05, 0) is 75.7 Å². The van der Waals surface area contributed by atoms with Crippen molar-refractivity contribution < 1.29 is 48.3 Å². The van der Waals surface area contributed by atoms with E-state index in [0.717, 1.165) is 0 Å². The van der Waals surface area contributed by atoms with Gasteiger partial charge in [0.25, 0.3) is 0 Å². The van der Waals surface area contributed by atoms with Crippen LogP contribution in [-0.4, -0.2) is 148 Å². The van der Waals surface area contributed by atoms with Crippen LogP contribution in [0.25, 0.3) is 0 Å². The van der Waals surface area contributed by atoms with Gasteiger partial charge in [0.05, 0.1) is 12.6 Å². The third-order valence-electron chi connectivity index (χ3n) is 10.8. The fourth-order valence-corrected chi connectivity index (χ4v) is 7.87. The third-order valence-corrected chi connectivity index (χ3v) is 11.5. The molecule has 9 N–H and O–H groups in total. The summed E-state index contributed by atoms with van der Waals surface area (Å²) in [4.78, 5) is 125. The predicted molar refractivity (Wildman–Crippen MR) is 214 cm³/mol. The number of nitrogens with zero attached hydrogens (tertiary/aromatic N) is 2. The maximum atomic E-state index is 14.3. The van der Waals surface area contributed by atoms with E-state index in [1.54, 1.807) is 13.8 Å². The number of carbonyl (C=O) groups is 9. The van der Waals surface area contributed by atoms with E-state index in [1.165, 1.54) is 28.5 Å². The highest BCUT2D eigenvalue weighted by molar-refractivity contribution is 7.98. The van der Waals surface area contributed by atoms with E-state index in [4.69, 9.17) is 5.73 Å².